The average molecular weight is 161 g/mol. The lowest BCUT2D eigenvalue weighted by atomic mass is 10.5. The normalized spacial score (nSPS) is 10.5. The fourth-order valence-electron chi connectivity index (χ4n) is 0.506. The minimum absolute atomic E-state index is 0.376. The molecule has 1 aromatic rings. The van der Waals surface area contributed by atoms with Crippen LogP contribution in [0.1, 0.15) is 12.1 Å². The Morgan fingerprint density at radius 2 is 2.45 bits per heavy atom. The molecule has 4 nitrogen and oxygen atoms in total. The molecule has 1 heterocycles. The number of halogens is 2. The predicted molar refractivity (Wildman–Crippen MR) is 29.4 cm³/mol. The Morgan fingerprint density at radius 3 is 2.73 bits per heavy atom. The number of alkyl halides is 2. The van der Waals surface area contributed by atoms with Gasteiger partial charge in [-0.1, -0.05) is 0 Å². The van der Waals surface area contributed by atoms with Gasteiger partial charge in [-0.2, -0.15) is 9.78 Å². The first-order valence-electron chi connectivity index (χ1n) is 2.60. The molecule has 0 atom stereocenters. The summed E-state index contributed by atoms with van der Waals surface area (Å²) in [5, 5.41) is 11.2. The third-order valence-electron chi connectivity index (χ3n) is 0.953. The van der Waals surface area contributed by atoms with E-state index in [-0.39, 0.29) is 0 Å². The Kier molecular flexibility index (Phi) is 1.84. The summed E-state index contributed by atoms with van der Waals surface area (Å²) >= 11 is 0. The molecule has 1 rings (SSSR count). The van der Waals surface area contributed by atoms with E-state index in [9.17, 15) is 13.6 Å². The molecular formula is C5H3F2N2O2. The lowest BCUT2D eigenvalue weighted by Gasteiger charge is -1.90. The molecule has 1 aromatic heterocycles. The lowest BCUT2D eigenvalue weighted by molar-refractivity contribution is 0.144. The molecule has 0 unspecified atom stereocenters. The van der Waals surface area contributed by atoms with Gasteiger partial charge >= 0.3 is 6.09 Å². The van der Waals surface area contributed by atoms with Crippen LogP contribution in [0.25, 0.3) is 0 Å². The zero-order chi connectivity index (χ0) is 8.43. The summed E-state index contributed by atoms with van der Waals surface area (Å²) in [6, 6.07) is 2.01. The van der Waals surface area contributed by atoms with Crippen molar-refractivity contribution in [2.45, 2.75) is 6.43 Å². The van der Waals surface area contributed by atoms with Crippen molar-refractivity contribution in [3.63, 3.8) is 0 Å². The maximum atomic E-state index is 11.7. The van der Waals surface area contributed by atoms with Gasteiger partial charge in [-0.15, -0.1) is 0 Å². The van der Waals surface area contributed by atoms with Crippen LogP contribution < -0.4 is 0 Å². The van der Waals surface area contributed by atoms with E-state index in [1.165, 1.54) is 0 Å². The highest BCUT2D eigenvalue weighted by Crippen LogP contribution is 2.14. The molecule has 0 aliphatic rings. The highest BCUT2D eigenvalue weighted by Gasteiger charge is 2.12. The van der Waals surface area contributed by atoms with Crippen molar-refractivity contribution in [2.24, 2.45) is 0 Å². The van der Waals surface area contributed by atoms with Crippen LogP contribution in [0, 0.1) is 6.07 Å². The molecule has 6 heteroatoms. The van der Waals surface area contributed by atoms with E-state index in [1.807, 2.05) is 6.07 Å². The Morgan fingerprint density at radius 1 is 1.82 bits per heavy atom. The molecule has 0 saturated carbocycles. The topological polar surface area (TPSA) is 55.1 Å². The molecule has 59 valence electrons. The van der Waals surface area contributed by atoms with E-state index in [0.717, 1.165) is 6.20 Å². The lowest BCUT2D eigenvalue weighted by Crippen LogP contribution is -2.08. The highest BCUT2D eigenvalue weighted by atomic mass is 19.3. The van der Waals surface area contributed by atoms with E-state index in [2.05, 4.69) is 5.10 Å². The number of hydrogen-bond donors (Lipinski definition) is 1. The van der Waals surface area contributed by atoms with Gasteiger partial charge in [0, 0.05) is 12.3 Å². The van der Waals surface area contributed by atoms with Crippen LogP contribution in [0.5, 0.6) is 0 Å². The number of aromatic nitrogens is 2. The molecule has 0 aromatic carbocycles. The van der Waals surface area contributed by atoms with E-state index in [4.69, 9.17) is 5.11 Å². The van der Waals surface area contributed by atoms with Crippen LogP contribution in [0.4, 0.5) is 13.6 Å². The van der Waals surface area contributed by atoms with Crippen LogP contribution >= 0.6 is 0 Å². The zero-order valence-electron chi connectivity index (χ0n) is 5.16. The largest absolute Gasteiger partial charge is 0.463 e. The maximum Gasteiger partial charge on any atom is 0.432 e. The Hall–Kier alpha value is -1.46. The summed E-state index contributed by atoms with van der Waals surface area (Å²) in [4.78, 5) is 10.1. The Labute approximate surface area is 60.1 Å². The van der Waals surface area contributed by atoms with Crippen molar-refractivity contribution in [2.75, 3.05) is 0 Å². The quantitative estimate of drug-likeness (QED) is 0.672. The highest BCUT2D eigenvalue weighted by molar-refractivity contribution is 5.66. The van der Waals surface area contributed by atoms with Crippen molar-refractivity contribution in [1.82, 2.24) is 9.78 Å². The summed E-state index contributed by atoms with van der Waals surface area (Å²) in [7, 11) is 0. The van der Waals surface area contributed by atoms with Gasteiger partial charge in [0.05, 0.1) is 0 Å². The van der Waals surface area contributed by atoms with Crippen LogP contribution in [0.2, 0.25) is 0 Å². The van der Waals surface area contributed by atoms with Crippen LogP contribution in [-0.4, -0.2) is 21.0 Å². The van der Waals surface area contributed by atoms with Gasteiger partial charge in [0.1, 0.15) is 5.69 Å². The summed E-state index contributed by atoms with van der Waals surface area (Å²) in [5.74, 6) is 0. The van der Waals surface area contributed by atoms with Gasteiger partial charge in [0.25, 0.3) is 6.43 Å². The van der Waals surface area contributed by atoms with Crippen molar-refractivity contribution in [3.05, 3.63) is 18.0 Å². The maximum absolute atomic E-state index is 11.7. The third-order valence-corrected chi connectivity index (χ3v) is 0.953. The van der Waals surface area contributed by atoms with Gasteiger partial charge in [-0.3, -0.25) is 0 Å². The standard InChI is InChI=1S/C5H3F2N2O2/c6-4(7)3-1-2-9(8-3)5(10)11/h2,4H,(H,10,11). The summed E-state index contributed by atoms with van der Waals surface area (Å²) in [5.41, 5.74) is -0.660. The number of carbonyl (C=O) groups is 1. The second kappa shape index (κ2) is 2.65. The number of hydrogen-bond acceptors (Lipinski definition) is 2. The average Bonchev–Trinajstić information content (AvgIpc) is 2.33. The fourth-order valence-corrected chi connectivity index (χ4v) is 0.506. The monoisotopic (exact) mass is 161 g/mol. The van der Waals surface area contributed by atoms with Crippen molar-refractivity contribution < 1.29 is 18.7 Å². The molecule has 0 amide bonds. The van der Waals surface area contributed by atoms with E-state index in [1.54, 1.807) is 0 Å². The molecule has 0 aliphatic heterocycles. The van der Waals surface area contributed by atoms with Crippen LogP contribution in [-0.2, 0) is 0 Å². The first-order valence-corrected chi connectivity index (χ1v) is 2.60. The van der Waals surface area contributed by atoms with Gasteiger partial charge in [-0.25, -0.2) is 13.6 Å². The van der Waals surface area contributed by atoms with Gasteiger partial charge in [0.15, 0.2) is 0 Å². The molecule has 11 heavy (non-hydrogen) atoms. The molecule has 1 radical (unpaired) electrons. The zero-order valence-corrected chi connectivity index (χ0v) is 5.16. The summed E-state index contributed by atoms with van der Waals surface area (Å²) in [6.45, 7) is 0. The third kappa shape index (κ3) is 1.51. The van der Waals surface area contributed by atoms with E-state index < -0.39 is 18.2 Å². The predicted octanol–water partition coefficient (Wildman–Crippen LogP) is 1.15. The number of nitrogens with zero attached hydrogens (tertiary/aromatic N) is 2. The SMILES string of the molecule is O=C(O)n1c[c]c(C(F)F)n1. The fraction of sp³-hybridized carbons (Fsp3) is 0.200. The van der Waals surface area contributed by atoms with Crippen LogP contribution in [0.15, 0.2) is 6.20 Å². The molecular weight excluding hydrogens is 158 g/mol. The molecule has 0 fully saturated rings. The number of carboxylic acid groups (broad SMARTS) is 1. The second-order valence-electron chi connectivity index (χ2n) is 1.69. The second-order valence-corrected chi connectivity index (χ2v) is 1.69. The van der Waals surface area contributed by atoms with Crippen molar-refractivity contribution in [1.29, 1.82) is 0 Å². The molecule has 0 saturated heterocycles. The Balaban J connectivity index is 2.90. The summed E-state index contributed by atoms with van der Waals surface area (Å²) < 4.78 is 23.9. The smallest absolute Gasteiger partial charge is 0.432 e. The first-order chi connectivity index (χ1) is 5.11. The molecule has 1 N–H and O–H groups in total. The molecule has 0 spiro atoms. The number of rotatable bonds is 1. The van der Waals surface area contributed by atoms with E-state index >= 15 is 0 Å². The molecule has 0 bridgehead atoms. The van der Waals surface area contributed by atoms with Gasteiger partial charge in [-0.05, 0) is 0 Å². The van der Waals surface area contributed by atoms with Crippen LogP contribution in [0.3, 0.4) is 0 Å². The first kappa shape index (κ1) is 7.64. The minimum atomic E-state index is -2.78. The van der Waals surface area contributed by atoms with Gasteiger partial charge in [0.2, 0.25) is 0 Å². The Bertz CT molecular complexity index is 271. The van der Waals surface area contributed by atoms with E-state index in [0.29, 0.717) is 4.68 Å². The minimum Gasteiger partial charge on any atom is -0.463 e. The molecule has 0 aliphatic carbocycles. The summed E-state index contributed by atoms with van der Waals surface area (Å²) in [6.07, 6.45) is -3.35. The van der Waals surface area contributed by atoms with Crippen molar-refractivity contribution >= 4 is 6.09 Å². The van der Waals surface area contributed by atoms with Gasteiger partial charge < -0.3 is 5.11 Å². The van der Waals surface area contributed by atoms with Crippen molar-refractivity contribution in [3.8, 4) is 0 Å².